The molecule has 0 aliphatic rings. The number of nitrogen functional groups attached to an aromatic ring is 1. The van der Waals surface area contributed by atoms with E-state index in [1.165, 1.54) is 0 Å². The van der Waals surface area contributed by atoms with Crippen LogP contribution in [0.2, 0.25) is 0 Å². The molecule has 1 aromatic heterocycles. The number of rotatable bonds is 8. The van der Waals surface area contributed by atoms with Gasteiger partial charge >= 0.3 is 0 Å². The maximum atomic E-state index is 8.99. The van der Waals surface area contributed by atoms with E-state index >= 15 is 0 Å². The first-order valence-electron chi connectivity index (χ1n) is 7.30. The molecule has 0 aliphatic carbocycles. The molecule has 0 unspecified atom stereocenters. The number of nitriles is 1. The van der Waals surface area contributed by atoms with Gasteiger partial charge in [0.1, 0.15) is 11.9 Å². The largest absolute Gasteiger partial charge is 0.396 e. The van der Waals surface area contributed by atoms with Crippen LogP contribution >= 0.6 is 0 Å². The quantitative estimate of drug-likeness (QED) is 0.786. The van der Waals surface area contributed by atoms with Gasteiger partial charge in [-0.25, -0.2) is 4.98 Å². The fraction of sp³-hybridized carbons (Fsp3) is 0.600. The molecule has 0 aromatic carbocycles. The minimum Gasteiger partial charge on any atom is -0.396 e. The summed E-state index contributed by atoms with van der Waals surface area (Å²) >= 11 is 0. The lowest BCUT2D eigenvalue weighted by atomic mass is 10.3. The van der Waals surface area contributed by atoms with Gasteiger partial charge in [0.25, 0.3) is 0 Å². The highest BCUT2D eigenvalue weighted by molar-refractivity contribution is 5.55. The van der Waals surface area contributed by atoms with Crippen molar-refractivity contribution in [3.8, 4) is 6.07 Å². The van der Waals surface area contributed by atoms with Crippen LogP contribution in [0.25, 0.3) is 0 Å². The van der Waals surface area contributed by atoms with Gasteiger partial charge in [-0.1, -0.05) is 13.8 Å². The molecule has 1 aromatic rings. The second-order valence-corrected chi connectivity index (χ2v) is 4.68. The van der Waals surface area contributed by atoms with E-state index in [0.29, 0.717) is 11.4 Å². The third-order valence-corrected chi connectivity index (χ3v) is 3.52. The van der Waals surface area contributed by atoms with Crippen LogP contribution in [0.3, 0.4) is 0 Å². The Bertz CT molecular complexity index is 448. The molecule has 5 nitrogen and oxygen atoms in total. The van der Waals surface area contributed by atoms with E-state index in [1.54, 1.807) is 6.07 Å². The molecule has 0 aliphatic heterocycles. The molecule has 1 rings (SSSR count). The van der Waals surface area contributed by atoms with E-state index in [9.17, 15) is 0 Å². The second kappa shape index (κ2) is 8.39. The molecule has 0 spiro atoms. The van der Waals surface area contributed by atoms with Crippen molar-refractivity contribution in [3.63, 3.8) is 0 Å². The number of aromatic nitrogens is 1. The molecule has 0 saturated carbocycles. The molecule has 0 radical (unpaired) electrons. The van der Waals surface area contributed by atoms with Crippen molar-refractivity contribution in [3.05, 3.63) is 17.8 Å². The van der Waals surface area contributed by atoms with Gasteiger partial charge in [-0.15, -0.1) is 0 Å². The van der Waals surface area contributed by atoms with Gasteiger partial charge in [0.15, 0.2) is 5.69 Å². The highest BCUT2D eigenvalue weighted by Crippen LogP contribution is 2.16. The van der Waals surface area contributed by atoms with E-state index in [0.717, 1.165) is 45.0 Å². The summed E-state index contributed by atoms with van der Waals surface area (Å²) in [5.41, 5.74) is 6.46. The highest BCUT2D eigenvalue weighted by Gasteiger charge is 2.09. The van der Waals surface area contributed by atoms with Crippen LogP contribution in [0, 0.1) is 11.3 Å². The number of nitrogens with two attached hydrogens (primary N) is 1. The zero-order valence-electron chi connectivity index (χ0n) is 12.8. The van der Waals surface area contributed by atoms with Crippen molar-refractivity contribution in [2.24, 2.45) is 0 Å². The van der Waals surface area contributed by atoms with Crippen molar-refractivity contribution >= 4 is 11.5 Å². The predicted octanol–water partition coefficient (Wildman–Crippen LogP) is 2.09. The van der Waals surface area contributed by atoms with Gasteiger partial charge in [0.2, 0.25) is 0 Å². The third-order valence-electron chi connectivity index (χ3n) is 3.52. The van der Waals surface area contributed by atoms with Crippen LogP contribution in [0.4, 0.5) is 11.5 Å². The summed E-state index contributed by atoms with van der Waals surface area (Å²) in [7, 11) is 0. The molecule has 5 heteroatoms. The Labute approximate surface area is 122 Å². The monoisotopic (exact) mass is 275 g/mol. The summed E-state index contributed by atoms with van der Waals surface area (Å²) in [6.07, 6.45) is 1.09. The van der Waals surface area contributed by atoms with Gasteiger partial charge in [-0.3, -0.25) is 0 Å². The van der Waals surface area contributed by atoms with Gasteiger partial charge in [-0.05, 0) is 45.1 Å². The number of hydrogen-bond acceptors (Lipinski definition) is 5. The third kappa shape index (κ3) is 4.39. The fourth-order valence-corrected chi connectivity index (χ4v) is 2.18. The van der Waals surface area contributed by atoms with E-state index in [4.69, 9.17) is 11.0 Å². The summed E-state index contributed by atoms with van der Waals surface area (Å²) in [6, 6.07) is 5.68. The molecule has 110 valence electrons. The summed E-state index contributed by atoms with van der Waals surface area (Å²) in [5, 5.41) is 8.99. The SMILES string of the molecule is CCN(CC)CCCN(CC)c1ccc(N)c(C#N)n1. The first-order chi connectivity index (χ1) is 9.65. The molecule has 0 atom stereocenters. The van der Waals surface area contributed by atoms with Crippen molar-refractivity contribution in [1.82, 2.24) is 9.88 Å². The standard InChI is InChI=1S/C15H25N5/c1-4-19(5-2)10-7-11-20(6-3)15-9-8-13(17)14(12-16)18-15/h8-9H,4-7,10-11,17H2,1-3H3. The van der Waals surface area contributed by atoms with Crippen molar-refractivity contribution < 1.29 is 0 Å². The number of nitrogens with zero attached hydrogens (tertiary/aromatic N) is 4. The van der Waals surface area contributed by atoms with Crippen LogP contribution < -0.4 is 10.6 Å². The molecule has 2 N–H and O–H groups in total. The van der Waals surface area contributed by atoms with Crippen LogP contribution in [0.1, 0.15) is 32.9 Å². The van der Waals surface area contributed by atoms with Gasteiger partial charge < -0.3 is 15.5 Å². The minimum atomic E-state index is 0.310. The Morgan fingerprint density at radius 3 is 2.40 bits per heavy atom. The van der Waals surface area contributed by atoms with E-state index in [-0.39, 0.29) is 0 Å². The van der Waals surface area contributed by atoms with Crippen LogP contribution in [-0.4, -0.2) is 42.6 Å². The number of anilines is 2. The molecular weight excluding hydrogens is 250 g/mol. The average molecular weight is 275 g/mol. The van der Waals surface area contributed by atoms with Crippen molar-refractivity contribution in [1.29, 1.82) is 5.26 Å². The van der Waals surface area contributed by atoms with Gasteiger partial charge in [0.05, 0.1) is 5.69 Å². The lowest BCUT2D eigenvalue weighted by Crippen LogP contribution is -2.30. The molecule has 0 bridgehead atoms. The Balaban J connectivity index is 2.65. The Morgan fingerprint density at radius 2 is 1.85 bits per heavy atom. The maximum Gasteiger partial charge on any atom is 0.165 e. The van der Waals surface area contributed by atoms with E-state index < -0.39 is 0 Å². The zero-order valence-corrected chi connectivity index (χ0v) is 12.8. The predicted molar refractivity (Wildman–Crippen MR) is 83.7 cm³/mol. The topological polar surface area (TPSA) is 69.2 Å². The van der Waals surface area contributed by atoms with Crippen LogP contribution in [-0.2, 0) is 0 Å². The van der Waals surface area contributed by atoms with E-state index in [2.05, 4.69) is 35.6 Å². The molecule has 0 saturated heterocycles. The highest BCUT2D eigenvalue weighted by atomic mass is 15.2. The van der Waals surface area contributed by atoms with Crippen molar-refractivity contribution in [2.45, 2.75) is 27.2 Å². The Hall–Kier alpha value is -1.80. The first-order valence-corrected chi connectivity index (χ1v) is 7.30. The summed E-state index contributed by atoms with van der Waals surface area (Å²) in [4.78, 5) is 8.92. The summed E-state index contributed by atoms with van der Waals surface area (Å²) in [5.74, 6) is 0.831. The second-order valence-electron chi connectivity index (χ2n) is 4.68. The molecule has 1 heterocycles. The lowest BCUT2D eigenvalue weighted by Gasteiger charge is -2.24. The maximum absolute atomic E-state index is 8.99. The normalized spacial score (nSPS) is 10.6. The molecule has 0 fully saturated rings. The number of pyridine rings is 1. The average Bonchev–Trinajstić information content (AvgIpc) is 2.48. The smallest absolute Gasteiger partial charge is 0.165 e. The summed E-state index contributed by atoms with van der Waals surface area (Å²) < 4.78 is 0. The lowest BCUT2D eigenvalue weighted by molar-refractivity contribution is 0.300. The fourth-order valence-electron chi connectivity index (χ4n) is 2.18. The van der Waals surface area contributed by atoms with Crippen molar-refractivity contribution in [2.75, 3.05) is 43.4 Å². The first kappa shape index (κ1) is 16.3. The minimum absolute atomic E-state index is 0.310. The Morgan fingerprint density at radius 1 is 1.15 bits per heavy atom. The number of hydrogen-bond donors (Lipinski definition) is 1. The van der Waals surface area contributed by atoms with Gasteiger partial charge in [0, 0.05) is 13.1 Å². The van der Waals surface area contributed by atoms with E-state index in [1.807, 2.05) is 12.1 Å². The molecular formula is C15H25N5. The zero-order chi connectivity index (χ0) is 15.0. The Kier molecular flexibility index (Phi) is 6.82. The van der Waals surface area contributed by atoms with Gasteiger partial charge in [-0.2, -0.15) is 5.26 Å². The molecule has 0 amide bonds. The summed E-state index contributed by atoms with van der Waals surface area (Å²) in [6.45, 7) is 11.5. The van der Waals surface area contributed by atoms with Crippen LogP contribution in [0.15, 0.2) is 12.1 Å². The molecule has 20 heavy (non-hydrogen) atoms. The van der Waals surface area contributed by atoms with Crippen LogP contribution in [0.5, 0.6) is 0 Å².